The van der Waals surface area contributed by atoms with Gasteiger partial charge in [-0.05, 0) is 12.1 Å². The lowest BCUT2D eigenvalue weighted by molar-refractivity contribution is -0.136. The molecule has 3 nitrogen and oxygen atoms in total. The van der Waals surface area contributed by atoms with Crippen LogP contribution in [0.5, 0.6) is 0 Å². The number of rotatable bonds is 1. The number of carboxylic acid groups (broad SMARTS) is 1. The number of aliphatic carboxylic acids is 1. The third kappa shape index (κ3) is 1.46. The zero-order valence-electron chi connectivity index (χ0n) is 6.48. The van der Waals surface area contributed by atoms with Crippen molar-refractivity contribution in [3.8, 4) is 0 Å². The molecule has 13 heavy (non-hydrogen) atoms. The van der Waals surface area contributed by atoms with Crippen LogP contribution in [-0.4, -0.2) is 21.3 Å². The predicted molar refractivity (Wildman–Crippen MR) is 53.2 cm³/mol. The van der Waals surface area contributed by atoms with Crippen molar-refractivity contribution in [1.82, 2.24) is 4.98 Å². The molecular formula is C8H6BrNO2S. The van der Waals surface area contributed by atoms with Crippen molar-refractivity contribution < 1.29 is 9.90 Å². The average Bonchev–Trinajstić information content (AvgIpc) is 2.45. The van der Waals surface area contributed by atoms with Crippen LogP contribution in [0, 0.1) is 0 Å². The van der Waals surface area contributed by atoms with Crippen LogP contribution in [0.15, 0.2) is 23.2 Å². The Bertz CT molecular complexity index is 358. The van der Waals surface area contributed by atoms with Gasteiger partial charge < -0.3 is 5.11 Å². The Labute approximate surface area is 87.7 Å². The highest BCUT2D eigenvalue weighted by Crippen LogP contribution is 2.47. The van der Waals surface area contributed by atoms with E-state index in [1.165, 1.54) is 11.8 Å². The molecule has 2 heterocycles. The molecule has 0 bridgehead atoms. The van der Waals surface area contributed by atoms with E-state index >= 15 is 0 Å². The largest absolute Gasteiger partial charge is 0.480 e. The summed E-state index contributed by atoms with van der Waals surface area (Å²) in [4.78, 5) is 15.7. The Kier molecular flexibility index (Phi) is 2.29. The fraction of sp³-hybridized carbons (Fsp3) is 0.250. The summed E-state index contributed by atoms with van der Waals surface area (Å²) in [6.07, 6.45) is 1.68. The van der Waals surface area contributed by atoms with Gasteiger partial charge in [-0.2, -0.15) is 0 Å². The molecule has 0 saturated heterocycles. The van der Waals surface area contributed by atoms with Gasteiger partial charge in [0.1, 0.15) is 5.25 Å². The molecular weight excluding hydrogens is 254 g/mol. The highest BCUT2D eigenvalue weighted by atomic mass is 79.9. The smallest absolute Gasteiger partial charge is 0.318 e. The van der Waals surface area contributed by atoms with E-state index in [0.29, 0.717) is 0 Å². The molecule has 2 unspecified atom stereocenters. The van der Waals surface area contributed by atoms with E-state index in [1.807, 2.05) is 12.1 Å². The lowest BCUT2D eigenvalue weighted by Gasteiger charge is -2.05. The minimum absolute atomic E-state index is 0.175. The number of halogens is 1. The molecule has 2 atom stereocenters. The van der Waals surface area contributed by atoms with E-state index in [2.05, 4.69) is 20.9 Å². The van der Waals surface area contributed by atoms with Gasteiger partial charge in [0.2, 0.25) is 0 Å². The summed E-state index contributed by atoms with van der Waals surface area (Å²) in [5.41, 5.74) is 0.833. The highest BCUT2D eigenvalue weighted by Gasteiger charge is 2.37. The van der Waals surface area contributed by atoms with Gasteiger partial charge >= 0.3 is 5.97 Å². The molecule has 0 fully saturated rings. The lowest BCUT2D eigenvalue weighted by atomic mass is 10.2. The number of carbonyl (C=O) groups is 1. The maximum absolute atomic E-state index is 10.8. The van der Waals surface area contributed by atoms with Crippen LogP contribution in [0.1, 0.15) is 10.5 Å². The van der Waals surface area contributed by atoms with Crippen LogP contribution < -0.4 is 0 Å². The van der Waals surface area contributed by atoms with Gasteiger partial charge in [0.05, 0.1) is 10.5 Å². The molecule has 5 heteroatoms. The first-order valence-corrected chi connectivity index (χ1v) is 5.48. The number of nitrogens with zero attached hydrogens (tertiary/aromatic N) is 1. The standard InChI is InChI=1S/C8H6BrNO2S/c9-5-6-4(2-1-3-10-6)13-7(5)8(11)12/h1-3,5,7H,(H,11,12). The molecule has 0 aromatic carbocycles. The SMILES string of the molecule is O=C(O)C1Sc2cccnc2C1Br. The van der Waals surface area contributed by atoms with Crippen LogP contribution in [0.2, 0.25) is 0 Å². The summed E-state index contributed by atoms with van der Waals surface area (Å²) >= 11 is 4.68. The second-order valence-electron chi connectivity index (χ2n) is 2.67. The van der Waals surface area contributed by atoms with Crippen LogP contribution in [0.4, 0.5) is 0 Å². The maximum atomic E-state index is 10.8. The average molecular weight is 260 g/mol. The summed E-state index contributed by atoms with van der Waals surface area (Å²) in [6, 6.07) is 3.71. The summed E-state index contributed by atoms with van der Waals surface area (Å²) < 4.78 is 0. The fourth-order valence-electron chi connectivity index (χ4n) is 1.23. The zero-order chi connectivity index (χ0) is 9.42. The van der Waals surface area contributed by atoms with E-state index in [-0.39, 0.29) is 4.83 Å². The molecule has 0 amide bonds. The van der Waals surface area contributed by atoms with Gasteiger partial charge in [0.15, 0.2) is 0 Å². The third-order valence-corrected chi connectivity index (χ3v) is 4.46. The number of hydrogen-bond donors (Lipinski definition) is 1. The van der Waals surface area contributed by atoms with Gasteiger partial charge in [-0.1, -0.05) is 15.9 Å². The van der Waals surface area contributed by atoms with Crippen LogP contribution >= 0.6 is 27.7 Å². The van der Waals surface area contributed by atoms with Crippen LogP contribution in [-0.2, 0) is 4.79 Å². The first kappa shape index (κ1) is 9.02. The number of carboxylic acids is 1. The normalized spacial score (nSPS) is 25.6. The summed E-state index contributed by atoms with van der Waals surface area (Å²) in [5, 5.41) is 8.42. The fourth-order valence-corrected chi connectivity index (χ4v) is 3.37. The molecule has 68 valence electrons. The first-order chi connectivity index (χ1) is 6.20. The van der Waals surface area contributed by atoms with E-state index in [4.69, 9.17) is 5.11 Å². The molecule has 0 spiro atoms. The minimum atomic E-state index is -0.801. The molecule has 1 aromatic heterocycles. The van der Waals surface area contributed by atoms with Crippen molar-refractivity contribution in [2.24, 2.45) is 0 Å². The van der Waals surface area contributed by atoms with Crippen molar-refractivity contribution in [2.45, 2.75) is 15.0 Å². The lowest BCUT2D eigenvalue weighted by Crippen LogP contribution is -2.17. The number of alkyl halides is 1. The molecule has 0 saturated carbocycles. The van der Waals surface area contributed by atoms with Crippen LogP contribution in [0.25, 0.3) is 0 Å². The number of hydrogen-bond acceptors (Lipinski definition) is 3. The quantitative estimate of drug-likeness (QED) is 0.785. The maximum Gasteiger partial charge on any atom is 0.318 e. The molecule has 1 aromatic rings. The van der Waals surface area contributed by atoms with Crippen molar-refractivity contribution >= 4 is 33.7 Å². The van der Waals surface area contributed by atoms with Crippen molar-refractivity contribution in [1.29, 1.82) is 0 Å². The second kappa shape index (κ2) is 3.31. The van der Waals surface area contributed by atoms with Gasteiger partial charge in [0.25, 0.3) is 0 Å². The van der Waals surface area contributed by atoms with Gasteiger partial charge in [-0.25, -0.2) is 0 Å². The van der Waals surface area contributed by atoms with Gasteiger partial charge in [-0.15, -0.1) is 11.8 Å². The summed E-state index contributed by atoms with van der Waals surface area (Å²) in [7, 11) is 0. The molecule has 2 rings (SSSR count). The van der Waals surface area contributed by atoms with E-state index in [0.717, 1.165) is 10.6 Å². The van der Waals surface area contributed by atoms with Gasteiger partial charge in [0, 0.05) is 11.1 Å². The number of aromatic nitrogens is 1. The Balaban J connectivity index is 2.38. The first-order valence-electron chi connectivity index (χ1n) is 3.68. The molecule has 1 aliphatic heterocycles. The highest BCUT2D eigenvalue weighted by molar-refractivity contribution is 9.09. The van der Waals surface area contributed by atoms with E-state index < -0.39 is 11.2 Å². The molecule has 1 aliphatic rings. The Hall–Kier alpha value is -0.550. The van der Waals surface area contributed by atoms with E-state index in [9.17, 15) is 4.79 Å². The topological polar surface area (TPSA) is 50.2 Å². The monoisotopic (exact) mass is 259 g/mol. The number of fused-ring (bicyclic) bond motifs is 1. The van der Waals surface area contributed by atoms with Crippen LogP contribution in [0.3, 0.4) is 0 Å². The molecule has 0 radical (unpaired) electrons. The Morgan fingerprint density at radius 2 is 2.46 bits per heavy atom. The third-order valence-electron chi connectivity index (χ3n) is 1.82. The van der Waals surface area contributed by atoms with E-state index in [1.54, 1.807) is 6.20 Å². The summed E-state index contributed by atoms with van der Waals surface area (Å²) in [5.74, 6) is -0.801. The summed E-state index contributed by atoms with van der Waals surface area (Å²) in [6.45, 7) is 0. The number of thioether (sulfide) groups is 1. The van der Waals surface area contributed by atoms with Crippen molar-refractivity contribution in [3.63, 3.8) is 0 Å². The predicted octanol–water partition coefficient (Wildman–Crippen LogP) is 2.08. The second-order valence-corrected chi connectivity index (χ2v) is 4.84. The molecule has 1 N–H and O–H groups in total. The Morgan fingerprint density at radius 1 is 1.69 bits per heavy atom. The number of pyridine rings is 1. The zero-order valence-corrected chi connectivity index (χ0v) is 8.88. The van der Waals surface area contributed by atoms with Crippen molar-refractivity contribution in [2.75, 3.05) is 0 Å². The minimum Gasteiger partial charge on any atom is -0.480 e. The van der Waals surface area contributed by atoms with Crippen molar-refractivity contribution in [3.05, 3.63) is 24.0 Å². The van der Waals surface area contributed by atoms with Gasteiger partial charge in [-0.3, -0.25) is 9.78 Å². The Morgan fingerprint density at radius 3 is 3.08 bits per heavy atom. The molecule has 0 aliphatic carbocycles.